The van der Waals surface area contributed by atoms with Crippen molar-refractivity contribution >= 4 is 11.3 Å². The van der Waals surface area contributed by atoms with Crippen molar-refractivity contribution in [2.45, 2.75) is 57.5 Å². The second kappa shape index (κ2) is 7.09. The Labute approximate surface area is 141 Å². The first kappa shape index (κ1) is 15.3. The van der Waals surface area contributed by atoms with Gasteiger partial charge in [-0.3, -0.25) is 9.58 Å². The van der Waals surface area contributed by atoms with E-state index < -0.39 is 0 Å². The normalized spacial score (nSPS) is 21.2. The molecule has 0 radical (unpaired) electrons. The van der Waals surface area contributed by atoms with Gasteiger partial charge in [0.2, 0.25) is 0 Å². The monoisotopic (exact) mass is 331 g/mol. The topological polar surface area (TPSA) is 46.8 Å². The molecule has 6 heteroatoms. The molecule has 0 spiro atoms. The summed E-state index contributed by atoms with van der Waals surface area (Å²) in [6, 6.07) is 0. The number of likely N-dealkylation sites (tertiary alicyclic amines) is 1. The van der Waals surface area contributed by atoms with Gasteiger partial charge in [0, 0.05) is 30.2 Å². The molecule has 2 aromatic heterocycles. The van der Waals surface area contributed by atoms with Gasteiger partial charge in [0.25, 0.3) is 0 Å². The van der Waals surface area contributed by atoms with Gasteiger partial charge in [0.05, 0.1) is 12.2 Å². The zero-order valence-electron chi connectivity index (χ0n) is 13.6. The molecular weight excluding hydrogens is 306 g/mol. The molecule has 1 saturated heterocycles. The van der Waals surface area contributed by atoms with Gasteiger partial charge in [-0.1, -0.05) is 18.1 Å². The first-order valence-corrected chi connectivity index (χ1v) is 9.75. The zero-order chi connectivity index (χ0) is 15.5. The van der Waals surface area contributed by atoms with E-state index in [-0.39, 0.29) is 0 Å². The summed E-state index contributed by atoms with van der Waals surface area (Å²) in [6.45, 7) is 4.40. The predicted octanol–water partition coefficient (Wildman–Crippen LogP) is 3.30. The van der Waals surface area contributed by atoms with E-state index in [0.29, 0.717) is 5.92 Å². The van der Waals surface area contributed by atoms with Gasteiger partial charge in [0.1, 0.15) is 5.01 Å². The molecule has 3 heterocycles. The highest BCUT2D eigenvalue weighted by Crippen LogP contribution is 2.32. The van der Waals surface area contributed by atoms with Gasteiger partial charge in [-0.05, 0) is 44.7 Å². The van der Waals surface area contributed by atoms with Gasteiger partial charge in [-0.15, -0.1) is 16.4 Å². The van der Waals surface area contributed by atoms with Crippen LogP contribution in [-0.4, -0.2) is 38.0 Å². The smallest absolute Gasteiger partial charge is 0.107 e. The van der Waals surface area contributed by atoms with E-state index in [1.54, 1.807) is 11.3 Å². The molecule has 0 atom stereocenters. The Morgan fingerprint density at radius 2 is 1.96 bits per heavy atom. The van der Waals surface area contributed by atoms with Crippen molar-refractivity contribution in [1.82, 2.24) is 24.9 Å². The van der Waals surface area contributed by atoms with E-state index in [9.17, 15) is 0 Å². The van der Waals surface area contributed by atoms with Crippen LogP contribution in [0.1, 0.15) is 55.1 Å². The fourth-order valence-corrected chi connectivity index (χ4v) is 4.58. The van der Waals surface area contributed by atoms with Gasteiger partial charge in [-0.25, -0.2) is 4.98 Å². The molecule has 1 saturated carbocycles. The molecule has 2 aliphatic rings. The van der Waals surface area contributed by atoms with Crippen molar-refractivity contribution in [2.24, 2.45) is 5.92 Å². The summed E-state index contributed by atoms with van der Waals surface area (Å²) in [7, 11) is 0. The SMILES string of the molecule is c1csc(CN2CCC(Cn3cc(C4CCCC4)nn3)CC2)n1. The Kier molecular flexibility index (Phi) is 4.71. The molecule has 23 heavy (non-hydrogen) atoms. The summed E-state index contributed by atoms with van der Waals surface area (Å²) in [6.07, 6.45) is 11.9. The summed E-state index contributed by atoms with van der Waals surface area (Å²) < 4.78 is 2.09. The fourth-order valence-electron chi connectivity index (χ4n) is 3.93. The maximum Gasteiger partial charge on any atom is 0.107 e. The molecule has 1 aliphatic carbocycles. The van der Waals surface area contributed by atoms with Gasteiger partial charge >= 0.3 is 0 Å². The highest BCUT2D eigenvalue weighted by molar-refractivity contribution is 7.09. The molecule has 0 N–H and O–H groups in total. The predicted molar refractivity (Wildman–Crippen MR) is 91.3 cm³/mol. The standard InChI is InChI=1S/C17H25N5S/c1-2-4-15(3-1)16-12-22(20-19-16)11-14-5-8-21(9-6-14)13-17-18-7-10-23-17/h7,10,12,14-15H,1-6,8-9,11,13H2. The van der Waals surface area contributed by atoms with Crippen molar-refractivity contribution in [3.8, 4) is 0 Å². The zero-order valence-corrected chi connectivity index (χ0v) is 14.4. The molecular formula is C17H25N5S. The van der Waals surface area contributed by atoms with Gasteiger partial charge in [-0.2, -0.15) is 0 Å². The average Bonchev–Trinajstić information content (AvgIpc) is 3.31. The third-order valence-electron chi connectivity index (χ3n) is 5.32. The maximum absolute atomic E-state index is 4.42. The Morgan fingerprint density at radius 3 is 2.70 bits per heavy atom. The lowest BCUT2D eigenvalue weighted by atomic mass is 9.97. The summed E-state index contributed by atoms with van der Waals surface area (Å²) >= 11 is 1.76. The minimum atomic E-state index is 0.670. The summed E-state index contributed by atoms with van der Waals surface area (Å²) in [4.78, 5) is 6.92. The van der Waals surface area contributed by atoms with Gasteiger partial charge in [0.15, 0.2) is 0 Å². The van der Waals surface area contributed by atoms with Crippen LogP contribution in [0.15, 0.2) is 17.8 Å². The van der Waals surface area contributed by atoms with Crippen LogP contribution in [0.5, 0.6) is 0 Å². The number of rotatable bonds is 5. The first-order chi connectivity index (χ1) is 11.4. The minimum absolute atomic E-state index is 0.670. The summed E-state index contributed by atoms with van der Waals surface area (Å²) in [5.41, 5.74) is 1.23. The highest BCUT2D eigenvalue weighted by atomic mass is 32.1. The summed E-state index contributed by atoms with van der Waals surface area (Å²) in [5, 5.41) is 12.1. The maximum atomic E-state index is 4.42. The molecule has 0 amide bonds. The lowest BCUT2D eigenvalue weighted by Crippen LogP contribution is -2.34. The molecule has 4 rings (SSSR count). The van der Waals surface area contributed by atoms with E-state index in [1.165, 1.54) is 62.3 Å². The molecule has 124 valence electrons. The molecule has 2 aromatic rings. The fraction of sp³-hybridized carbons (Fsp3) is 0.706. The van der Waals surface area contributed by atoms with Crippen LogP contribution in [0.3, 0.4) is 0 Å². The third kappa shape index (κ3) is 3.80. The number of hydrogen-bond acceptors (Lipinski definition) is 5. The van der Waals surface area contributed by atoms with Crippen LogP contribution in [0.2, 0.25) is 0 Å². The van der Waals surface area contributed by atoms with E-state index in [0.717, 1.165) is 19.0 Å². The van der Waals surface area contributed by atoms with Crippen molar-refractivity contribution in [2.75, 3.05) is 13.1 Å². The van der Waals surface area contributed by atoms with Crippen LogP contribution in [-0.2, 0) is 13.1 Å². The lowest BCUT2D eigenvalue weighted by Gasteiger charge is -2.31. The average molecular weight is 331 g/mol. The van der Waals surface area contributed by atoms with Crippen molar-refractivity contribution in [3.05, 3.63) is 28.5 Å². The second-order valence-electron chi connectivity index (χ2n) is 6.99. The van der Waals surface area contributed by atoms with Crippen LogP contribution in [0, 0.1) is 5.92 Å². The molecule has 1 aliphatic heterocycles. The van der Waals surface area contributed by atoms with E-state index in [2.05, 4.69) is 36.5 Å². The van der Waals surface area contributed by atoms with E-state index >= 15 is 0 Å². The molecule has 2 fully saturated rings. The van der Waals surface area contributed by atoms with Crippen LogP contribution < -0.4 is 0 Å². The molecule has 0 aromatic carbocycles. The minimum Gasteiger partial charge on any atom is -0.297 e. The molecule has 5 nitrogen and oxygen atoms in total. The lowest BCUT2D eigenvalue weighted by molar-refractivity contribution is 0.164. The van der Waals surface area contributed by atoms with Gasteiger partial charge < -0.3 is 0 Å². The number of piperidine rings is 1. The van der Waals surface area contributed by atoms with E-state index in [4.69, 9.17) is 0 Å². The Balaban J connectivity index is 1.26. The summed E-state index contributed by atoms with van der Waals surface area (Å²) in [5.74, 6) is 1.41. The number of thiazole rings is 1. The Hall–Kier alpha value is -1.27. The molecule has 0 unspecified atom stereocenters. The number of nitrogens with zero attached hydrogens (tertiary/aromatic N) is 5. The van der Waals surface area contributed by atoms with E-state index in [1.807, 2.05) is 6.20 Å². The first-order valence-electron chi connectivity index (χ1n) is 8.87. The largest absolute Gasteiger partial charge is 0.297 e. The molecule has 0 bridgehead atoms. The number of aromatic nitrogens is 4. The number of hydrogen-bond donors (Lipinski definition) is 0. The Morgan fingerprint density at radius 1 is 1.13 bits per heavy atom. The van der Waals surface area contributed by atoms with Crippen molar-refractivity contribution < 1.29 is 0 Å². The van der Waals surface area contributed by atoms with Crippen molar-refractivity contribution in [3.63, 3.8) is 0 Å². The third-order valence-corrected chi connectivity index (χ3v) is 6.09. The highest BCUT2D eigenvalue weighted by Gasteiger charge is 2.23. The quantitative estimate of drug-likeness (QED) is 0.843. The van der Waals surface area contributed by atoms with Crippen LogP contribution in [0.4, 0.5) is 0 Å². The van der Waals surface area contributed by atoms with Crippen LogP contribution in [0.25, 0.3) is 0 Å². The van der Waals surface area contributed by atoms with Crippen molar-refractivity contribution in [1.29, 1.82) is 0 Å². The second-order valence-corrected chi connectivity index (χ2v) is 7.97. The van der Waals surface area contributed by atoms with Crippen LogP contribution >= 0.6 is 11.3 Å². The Bertz CT molecular complexity index is 594.